The van der Waals surface area contributed by atoms with Crippen LogP contribution in [0, 0.1) is 13.7 Å². The van der Waals surface area contributed by atoms with Gasteiger partial charge in [0, 0.05) is 27.4 Å². The summed E-state index contributed by atoms with van der Waals surface area (Å²) >= 11 is 2.14. The summed E-state index contributed by atoms with van der Waals surface area (Å²) in [6.45, 7) is 0. The summed E-state index contributed by atoms with van der Waals surface area (Å²) in [6.07, 6.45) is 4.96. The molecule has 1 fully saturated rings. The van der Waals surface area contributed by atoms with E-state index in [1.807, 2.05) is 0 Å². The van der Waals surface area contributed by atoms with Crippen molar-refractivity contribution in [3.05, 3.63) is 31.9 Å². The van der Waals surface area contributed by atoms with Gasteiger partial charge in [0.15, 0.2) is 0 Å². The van der Waals surface area contributed by atoms with E-state index in [0.29, 0.717) is 6.04 Å². The van der Waals surface area contributed by atoms with E-state index >= 15 is 0 Å². The van der Waals surface area contributed by atoms with E-state index in [9.17, 15) is 10.1 Å². The van der Waals surface area contributed by atoms with Crippen LogP contribution in [0.4, 0.5) is 11.4 Å². The predicted octanol–water partition coefficient (Wildman–Crippen LogP) is 3.55. The van der Waals surface area contributed by atoms with Gasteiger partial charge in [-0.25, -0.2) is 0 Å². The van der Waals surface area contributed by atoms with Gasteiger partial charge in [0.1, 0.15) is 0 Å². The smallest absolute Gasteiger partial charge is 0.270 e. The summed E-state index contributed by atoms with van der Waals surface area (Å²) in [5.41, 5.74) is 1.17. The van der Waals surface area contributed by atoms with Gasteiger partial charge in [0.05, 0.1) is 4.92 Å². The number of nitro groups is 1. The van der Waals surface area contributed by atoms with Gasteiger partial charge in [-0.1, -0.05) is 12.8 Å². The highest BCUT2D eigenvalue weighted by Crippen LogP contribution is 2.27. The first-order chi connectivity index (χ1) is 7.66. The molecule has 1 aliphatic rings. The maximum Gasteiger partial charge on any atom is 0.270 e. The Labute approximate surface area is 108 Å². The zero-order valence-electron chi connectivity index (χ0n) is 8.78. The third-order valence-corrected chi connectivity index (χ3v) is 3.77. The SMILES string of the molecule is O=[N+]([O-])c1ccc(NC2CCCC2)c(I)c1. The van der Waals surface area contributed by atoms with Crippen molar-refractivity contribution < 1.29 is 4.92 Å². The zero-order chi connectivity index (χ0) is 11.5. The molecular formula is C11H13IN2O2. The lowest BCUT2D eigenvalue weighted by Crippen LogP contribution is -2.15. The maximum absolute atomic E-state index is 10.6. The first kappa shape index (κ1) is 11.6. The lowest BCUT2D eigenvalue weighted by molar-refractivity contribution is -0.384. The van der Waals surface area contributed by atoms with Gasteiger partial charge in [-0.2, -0.15) is 0 Å². The Morgan fingerprint density at radius 3 is 2.62 bits per heavy atom. The monoisotopic (exact) mass is 332 g/mol. The highest BCUT2D eigenvalue weighted by atomic mass is 127. The van der Waals surface area contributed by atoms with E-state index in [1.54, 1.807) is 18.2 Å². The average Bonchev–Trinajstić information content (AvgIpc) is 2.73. The van der Waals surface area contributed by atoms with Crippen molar-refractivity contribution >= 4 is 34.0 Å². The minimum absolute atomic E-state index is 0.154. The second kappa shape index (κ2) is 4.99. The van der Waals surface area contributed by atoms with Gasteiger partial charge < -0.3 is 5.32 Å². The highest BCUT2D eigenvalue weighted by Gasteiger charge is 2.16. The number of nitrogens with zero attached hydrogens (tertiary/aromatic N) is 1. The molecule has 0 radical (unpaired) electrons. The molecule has 0 aliphatic heterocycles. The summed E-state index contributed by atoms with van der Waals surface area (Å²) in [5.74, 6) is 0. The molecule has 1 aliphatic carbocycles. The van der Waals surface area contributed by atoms with Gasteiger partial charge in [-0.3, -0.25) is 10.1 Å². The topological polar surface area (TPSA) is 55.2 Å². The minimum Gasteiger partial charge on any atom is -0.381 e. The Hall–Kier alpha value is -0.850. The fourth-order valence-electron chi connectivity index (χ4n) is 2.02. The van der Waals surface area contributed by atoms with Crippen molar-refractivity contribution in [2.45, 2.75) is 31.7 Å². The van der Waals surface area contributed by atoms with Crippen molar-refractivity contribution in [2.24, 2.45) is 0 Å². The Morgan fingerprint density at radius 1 is 1.38 bits per heavy atom. The summed E-state index contributed by atoms with van der Waals surface area (Å²) in [7, 11) is 0. The molecule has 5 heteroatoms. The molecule has 1 aromatic rings. The second-order valence-electron chi connectivity index (χ2n) is 4.05. The van der Waals surface area contributed by atoms with Gasteiger partial charge in [-0.15, -0.1) is 0 Å². The van der Waals surface area contributed by atoms with Crippen LogP contribution in [0.1, 0.15) is 25.7 Å². The molecule has 1 N–H and O–H groups in total. The largest absolute Gasteiger partial charge is 0.381 e. The van der Waals surface area contributed by atoms with Crippen LogP contribution in [0.15, 0.2) is 18.2 Å². The Bertz CT molecular complexity index is 403. The van der Waals surface area contributed by atoms with Crippen LogP contribution in [0.25, 0.3) is 0 Å². The van der Waals surface area contributed by atoms with E-state index in [4.69, 9.17) is 0 Å². The Morgan fingerprint density at radius 2 is 2.06 bits per heavy atom. The van der Waals surface area contributed by atoms with Crippen LogP contribution in [0.3, 0.4) is 0 Å². The number of nitro benzene ring substituents is 1. The van der Waals surface area contributed by atoms with Crippen LogP contribution in [0.5, 0.6) is 0 Å². The van der Waals surface area contributed by atoms with E-state index in [-0.39, 0.29) is 10.6 Å². The molecular weight excluding hydrogens is 319 g/mol. The molecule has 0 bridgehead atoms. The molecule has 4 nitrogen and oxygen atoms in total. The summed E-state index contributed by atoms with van der Waals surface area (Å²) in [5, 5.41) is 14.0. The number of benzene rings is 1. The minimum atomic E-state index is -0.360. The molecule has 0 spiro atoms. The van der Waals surface area contributed by atoms with Crippen LogP contribution < -0.4 is 5.32 Å². The quantitative estimate of drug-likeness (QED) is 0.523. The summed E-state index contributed by atoms with van der Waals surface area (Å²) < 4.78 is 0.915. The number of halogens is 1. The fourth-order valence-corrected chi connectivity index (χ4v) is 2.68. The molecule has 0 atom stereocenters. The van der Waals surface area contributed by atoms with E-state index < -0.39 is 0 Å². The standard InChI is InChI=1S/C11H13IN2O2/c12-10-7-9(14(15)16)5-6-11(10)13-8-3-1-2-4-8/h5-8,13H,1-4H2. The van der Waals surface area contributed by atoms with Crippen LogP contribution >= 0.6 is 22.6 Å². The van der Waals surface area contributed by atoms with Crippen molar-refractivity contribution in [2.75, 3.05) is 5.32 Å². The Balaban J connectivity index is 2.12. The molecule has 1 saturated carbocycles. The Kier molecular flexibility index (Phi) is 3.63. The van der Waals surface area contributed by atoms with Gasteiger partial charge >= 0.3 is 0 Å². The number of anilines is 1. The number of hydrogen-bond acceptors (Lipinski definition) is 3. The van der Waals surface area contributed by atoms with Crippen molar-refractivity contribution in [3.8, 4) is 0 Å². The molecule has 16 heavy (non-hydrogen) atoms. The number of nitrogens with one attached hydrogen (secondary N) is 1. The fraction of sp³-hybridized carbons (Fsp3) is 0.455. The van der Waals surface area contributed by atoms with Gasteiger partial charge in [0.2, 0.25) is 0 Å². The van der Waals surface area contributed by atoms with Gasteiger partial charge in [-0.05, 0) is 41.5 Å². The number of rotatable bonds is 3. The van der Waals surface area contributed by atoms with Gasteiger partial charge in [0.25, 0.3) is 5.69 Å². The lowest BCUT2D eigenvalue weighted by Gasteiger charge is -2.14. The van der Waals surface area contributed by atoms with E-state index in [2.05, 4.69) is 27.9 Å². The molecule has 86 valence electrons. The molecule has 0 heterocycles. The van der Waals surface area contributed by atoms with Crippen LogP contribution in [0.2, 0.25) is 0 Å². The molecule has 0 saturated heterocycles. The maximum atomic E-state index is 10.6. The van der Waals surface area contributed by atoms with Crippen molar-refractivity contribution in [1.29, 1.82) is 0 Å². The second-order valence-corrected chi connectivity index (χ2v) is 5.21. The van der Waals surface area contributed by atoms with E-state index in [0.717, 1.165) is 9.26 Å². The van der Waals surface area contributed by atoms with Crippen LogP contribution in [-0.2, 0) is 0 Å². The number of non-ortho nitro benzene ring substituents is 1. The molecule has 0 amide bonds. The summed E-state index contributed by atoms with van der Waals surface area (Å²) in [6, 6.07) is 5.50. The predicted molar refractivity (Wildman–Crippen MR) is 71.7 cm³/mol. The number of hydrogen-bond donors (Lipinski definition) is 1. The first-order valence-corrected chi connectivity index (χ1v) is 6.45. The van der Waals surface area contributed by atoms with Crippen LogP contribution in [-0.4, -0.2) is 11.0 Å². The third kappa shape index (κ3) is 2.63. The molecule has 0 unspecified atom stereocenters. The molecule has 1 aromatic carbocycles. The van der Waals surface area contributed by atoms with Crippen molar-refractivity contribution in [3.63, 3.8) is 0 Å². The highest BCUT2D eigenvalue weighted by molar-refractivity contribution is 14.1. The first-order valence-electron chi connectivity index (χ1n) is 5.37. The van der Waals surface area contributed by atoms with Crippen molar-refractivity contribution in [1.82, 2.24) is 0 Å². The lowest BCUT2D eigenvalue weighted by atomic mass is 10.2. The normalized spacial score (nSPS) is 16.3. The zero-order valence-corrected chi connectivity index (χ0v) is 10.9. The summed E-state index contributed by atoms with van der Waals surface area (Å²) in [4.78, 5) is 10.2. The third-order valence-electron chi connectivity index (χ3n) is 2.88. The molecule has 0 aromatic heterocycles. The van der Waals surface area contributed by atoms with E-state index in [1.165, 1.54) is 25.7 Å². The average molecular weight is 332 g/mol. The molecule has 2 rings (SSSR count).